The molecule has 1 fully saturated rings. The van der Waals surface area contributed by atoms with Gasteiger partial charge in [-0.05, 0) is 95.3 Å². The molecule has 4 rings (SSSR count). The Kier molecular flexibility index (Phi) is 10.3. The largest absolute Gasteiger partial charge is 0.444 e. The van der Waals surface area contributed by atoms with Crippen molar-refractivity contribution < 1.29 is 23.2 Å². The Morgan fingerprint density at radius 1 is 0.979 bits per heavy atom. The van der Waals surface area contributed by atoms with Crippen LogP contribution in [0.25, 0.3) is 0 Å². The Labute approximate surface area is 280 Å². The molecule has 1 aromatic heterocycles. The van der Waals surface area contributed by atoms with E-state index >= 15 is 0 Å². The van der Waals surface area contributed by atoms with Gasteiger partial charge in [0.1, 0.15) is 11.1 Å². The minimum absolute atomic E-state index is 0.0105. The van der Waals surface area contributed by atoms with E-state index in [0.717, 1.165) is 28.7 Å². The standard InChI is InChI=1S/C36H52N4O6Si/c1-34(2,3)45-33(43)40-27(21-22-28(40)29(25-15-13-12-14-16-25)46-47(10,11)35(4,5)6)23-24-17-19-26(20-18-24)30(41)37-36(7,8)31-38-39(9)32(42)44-31/h12-20,27-29H,21-23H2,1-11H3,(H,37,41)/t27-,28+,29+/m0/s1. The quantitative estimate of drug-likeness (QED) is 0.242. The number of carbonyl (C=O) groups is 2. The maximum atomic E-state index is 14.0. The normalized spacial score (nSPS) is 18.2. The molecule has 2 heterocycles. The zero-order chi connectivity index (χ0) is 34.9. The third-order valence-electron chi connectivity index (χ3n) is 9.19. The third-order valence-corrected chi connectivity index (χ3v) is 13.6. The predicted octanol–water partition coefficient (Wildman–Crippen LogP) is 7.11. The van der Waals surface area contributed by atoms with Crippen LogP contribution in [0.3, 0.4) is 0 Å². The Morgan fingerprint density at radius 2 is 1.60 bits per heavy atom. The summed E-state index contributed by atoms with van der Waals surface area (Å²) in [5.41, 5.74) is 0.861. The molecule has 0 spiro atoms. The molecular weight excluding hydrogens is 613 g/mol. The van der Waals surface area contributed by atoms with E-state index in [0.29, 0.717) is 12.0 Å². The van der Waals surface area contributed by atoms with Gasteiger partial charge in [-0.1, -0.05) is 63.2 Å². The van der Waals surface area contributed by atoms with Crippen LogP contribution in [0.15, 0.2) is 63.8 Å². The van der Waals surface area contributed by atoms with Gasteiger partial charge in [0.2, 0.25) is 5.89 Å². The minimum Gasteiger partial charge on any atom is -0.444 e. The molecule has 1 aliphatic rings. The number of aryl methyl sites for hydroxylation is 1. The molecular formula is C36H52N4O6Si. The van der Waals surface area contributed by atoms with Gasteiger partial charge in [-0.2, -0.15) is 4.68 Å². The van der Waals surface area contributed by atoms with Crippen LogP contribution in [0, 0.1) is 0 Å². The van der Waals surface area contributed by atoms with Crippen molar-refractivity contribution in [1.29, 1.82) is 0 Å². The van der Waals surface area contributed by atoms with Gasteiger partial charge >= 0.3 is 11.8 Å². The number of nitrogens with zero attached hydrogens (tertiary/aromatic N) is 3. The zero-order valence-corrected chi connectivity index (χ0v) is 30.8. The molecule has 0 aliphatic carbocycles. The van der Waals surface area contributed by atoms with Crippen molar-refractivity contribution in [3.63, 3.8) is 0 Å². The van der Waals surface area contributed by atoms with Crippen LogP contribution >= 0.6 is 0 Å². The number of amides is 2. The molecule has 0 radical (unpaired) electrons. The van der Waals surface area contributed by atoms with Crippen LogP contribution in [0.5, 0.6) is 0 Å². The zero-order valence-electron chi connectivity index (χ0n) is 29.8. The number of hydrogen-bond donors (Lipinski definition) is 1. The Balaban J connectivity index is 1.59. The van der Waals surface area contributed by atoms with Gasteiger partial charge in [0.05, 0.1) is 12.1 Å². The topological polar surface area (TPSA) is 116 Å². The SMILES string of the molecule is Cn1nc(C(C)(C)NC(=O)c2ccc(C[C@@H]3CC[C@H]([C@H](O[Si](C)(C)C(C)(C)C)c4ccccc4)N3C(=O)OC(C)(C)C)cc2)oc1=O. The fourth-order valence-electron chi connectivity index (χ4n) is 5.59. The monoisotopic (exact) mass is 664 g/mol. The molecule has 10 nitrogen and oxygen atoms in total. The van der Waals surface area contributed by atoms with E-state index in [1.165, 1.54) is 7.05 Å². The minimum atomic E-state index is -2.23. The van der Waals surface area contributed by atoms with E-state index < -0.39 is 25.2 Å². The van der Waals surface area contributed by atoms with E-state index in [-0.39, 0.29) is 41.1 Å². The van der Waals surface area contributed by atoms with Gasteiger partial charge in [-0.25, -0.2) is 9.59 Å². The van der Waals surface area contributed by atoms with Gasteiger partial charge in [0.15, 0.2) is 8.32 Å². The van der Waals surface area contributed by atoms with Crippen molar-refractivity contribution in [2.75, 3.05) is 0 Å². The van der Waals surface area contributed by atoms with E-state index in [1.807, 2.05) is 56.0 Å². The highest BCUT2D eigenvalue weighted by atomic mass is 28.4. The maximum Gasteiger partial charge on any atom is 0.436 e. The summed E-state index contributed by atoms with van der Waals surface area (Å²) in [6.07, 6.45) is 1.53. The summed E-state index contributed by atoms with van der Waals surface area (Å²) in [5, 5.41) is 6.98. The molecule has 0 saturated carbocycles. The Bertz CT molecular complexity index is 1600. The molecule has 1 N–H and O–H groups in total. The summed E-state index contributed by atoms with van der Waals surface area (Å²) in [6, 6.07) is 17.3. The van der Waals surface area contributed by atoms with E-state index in [2.05, 4.69) is 56.4 Å². The highest BCUT2D eigenvalue weighted by Gasteiger charge is 2.47. The van der Waals surface area contributed by atoms with Gasteiger partial charge < -0.3 is 18.9 Å². The highest BCUT2D eigenvalue weighted by Crippen LogP contribution is 2.44. The molecule has 3 aromatic rings. The van der Waals surface area contributed by atoms with Crippen LogP contribution in [0.1, 0.15) is 102 Å². The van der Waals surface area contributed by atoms with Crippen LogP contribution in [0.2, 0.25) is 18.1 Å². The lowest BCUT2D eigenvalue weighted by Crippen LogP contribution is -2.50. The lowest BCUT2D eigenvalue weighted by atomic mass is 10.0. The number of ether oxygens (including phenoxy) is 1. The molecule has 2 amide bonds. The smallest absolute Gasteiger partial charge is 0.436 e. The molecule has 11 heteroatoms. The van der Waals surface area contributed by atoms with Crippen molar-refractivity contribution in [3.05, 3.63) is 87.7 Å². The van der Waals surface area contributed by atoms with Crippen LogP contribution in [-0.2, 0) is 28.2 Å². The van der Waals surface area contributed by atoms with E-state index in [9.17, 15) is 14.4 Å². The van der Waals surface area contributed by atoms with E-state index in [4.69, 9.17) is 13.6 Å². The summed E-state index contributed by atoms with van der Waals surface area (Å²) < 4.78 is 19.4. The number of carbonyl (C=O) groups excluding carboxylic acids is 2. The van der Waals surface area contributed by atoms with Gasteiger partial charge in [-0.3, -0.25) is 9.69 Å². The van der Waals surface area contributed by atoms with Gasteiger partial charge in [0.25, 0.3) is 5.91 Å². The lowest BCUT2D eigenvalue weighted by molar-refractivity contribution is -0.00239. The molecule has 1 saturated heterocycles. The van der Waals surface area contributed by atoms with Crippen molar-refractivity contribution >= 4 is 20.3 Å². The maximum absolute atomic E-state index is 14.0. The first-order valence-corrected chi connectivity index (χ1v) is 19.3. The van der Waals surface area contributed by atoms with Crippen molar-refractivity contribution in [2.24, 2.45) is 7.05 Å². The number of benzene rings is 2. The second-order valence-electron chi connectivity index (χ2n) is 15.7. The summed E-state index contributed by atoms with van der Waals surface area (Å²) >= 11 is 0. The molecule has 2 aromatic carbocycles. The Morgan fingerprint density at radius 3 is 2.13 bits per heavy atom. The Hall–Kier alpha value is -3.70. The highest BCUT2D eigenvalue weighted by molar-refractivity contribution is 6.74. The number of likely N-dealkylation sites (tertiary alicyclic amines) is 1. The van der Waals surface area contributed by atoms with Gasteiger partial charge in [-0.15, -0.1) is 5.10 Å². The first kappa shape index (κ1) is 36.1. The van der Waals surface area contributed by atoms with Gasteiger partial charge in [0, 0.05) is 18.7 Å². The van der Waals surface area contributed by atoms with Crippen LogP contribution in [0.4, 0.5) is 4.79 Å². The number of rotatable bonds is 9. The molecule has 47 heavy (non-hydrogen) atoms. The molecule has 256 valence electrons. The molecule has 0 unspecified atom stereocenters. The summed E-state index contributed by atoms with van der Waals surface area (Å²) in [4.78, 5) is 40.8. The first-order valence-electron chi connectivity index (χ1n) is 16.4. The van der Waals surface area contributed by atoms with Crippen molar-refractivity contribution in [1.82, 2.24) is 20.0 Å². The number of aromatic nitrogens is 2. The van der Waals surface area contributed by atoms with Crippen LogP contribution < -0.4 is 11.1 Å². The molecule has 3 atom stereocenters. The van der Waals surface area contributed by atoms with Crippen molar-refractivity contribution in [3.8, 4) is 0 Å². The molecule has 0 bridgehead atoms. The number of nitrogens with one attached hydrogen (secondary N) is 1. The summed E-state index contributed by atoms with van der Waals surface area (Å²) in [7, 11) is -0.735. The second-order valence-corrected chi connectivity index (χ2v) is 20.4. The fourth-order valence-corrected chi connectivity index (χ4v) is 6.87. The first-order chi connectivity index (χ1) is 21.7. The second kappa shape index (κ2) is 13.4. The van der Waals surface area contributed by atoms with Crippen LogP contribution in [-0.4, -0.2) is 52.7 Å². The average molecular weight is 665 g/mol. The molecule has 1 aliphatic heterocycles. The van der Waals surface area contributed by atoms with E-state index in [1.54, 1.807) is 26.0 Å². The van der Waals surface area contributed by atoms with Crippen molar-refractivity contribution in [2.45, 2.75) is 122 Å². The summed E-state index contributed by atoms with van der Waals surface area (Å²) in [5.74, 6) is -0.790. The summed E-state index contributed by atoms with van der Waals surface area (Å²) in [6.45, 7) is 20.3. The fraction of sp³-hybridized carbons (Fsp3) is 0.556. The average Bonchev–Trinajstić information content (AvgIpc) is 3.53. The third kappa shape index (κ3) is 8.61. The number of hydrogen-bond acceptors (Lipinski definition) is 7. The predicted molar refractivity (Wildman–Crippen MR) is 185 cm³/mol. The lowest BCUT2D eigenvalue weighted by Gasteiger charge is -2.43.